The van der Waals surface area contributed by atoms with Crippen LogP contribution in [0.25, 0.3) is 17.1 Å². The first kappa shape index (κ1) is 33.6. The molecule has 0 saturated carbocycles. The van der Waals surface area contributed by atoms with Crippen molar-refractivity contribution in [3.05, 3.63) is 83.6 Å². The second-order valence-corrected chi connectivity index (χ2v) is 10.8. The number of carbonyl (C=O) groups excluding carboxylic acids is 2. The summed E-state index contributed by atoms with van der Waals surface area (Å²) in [6, 6.07) is 14.5. The van der Waals surface area contributed by atoms with Crippen LogP contribution >= 0.6 is 23.4 Å². The zero-order valence-electron chi connectivity index (χ0n) is 23.4. The molecular formula is C28H19ClF6N6O5S. The van der Waals surface area contributed by atoms with Gasteiger partial charge in [0.1, 0.15) is 17.8 Å². The molecule has 5 rings (SSSR count). The highest BCUT2D eigenvalue weighted by atomic mass is 35.5. The van der Waals surface area contributed by atoms with Crippen molar-refractivity contribution in [3.8, 4) is 28.6 Å². The van der Waals surface area contributed by atoms with E-state index < -0.39 is 31.1 Å². The fourth-order valence-corrected chi connectivity index (χ4v) is 5.01. The number of benzene rings is 3. The Kier molecular flexibility index (Phi) is 9.92. The van der Waals surface area contributed by atoms with E-state index in [4.69, 9.17) is 21.2 Å². The van der Waals surface area contributed by atoms with Gasteiger partial charge >= 0.3 is 18.6 Å². The summed E-state index contributed by atoms with van der Waals surface area (Å²) < 4.78 is 85.4. The highest BCUT2D eigenvalue weighted by Crippen LogP contribution is 2.37. The number of rotatable bonds is 9. The van der Waals surface area contributed by atoms with Gasteiger partial charge in [-0.25, -0.2) is 19.9 Å². The number of nitrogens with zero attached hydrogens (tertiary/aromatic N) is 5. The minimum absolute atomic E-state index is 0.0927. The Hall–Kier alpha value is -4.81. The van der Waals surface area contributed by atoms with Gasteiger partial charge in [-0.3, -0.25) is 14.5 Å². The van der Waals surface area contributed by atoms with Crippen LogP contribution in [0.1, 0.15) is 5.56 Å². The number of hydrogen-bond acceptors (Lipinski definition) is 8. The molecule has 3 amide bonds. The van der Waals surface area contributed by atoms with Gasteiger partial charge in [0.25, 0.3) is 0 Å². The van der Waals surface area contributed by atoms with E-state index in [9.17, 15) is 35.9 Å². The Morgan fingerprint density at radius 2 is 1.74 bits per heavy atom. The number of halogens is 7. The van der Waals surface area contributed by atoms with Crippen molar-refractivity contribution < 1.29 is 50.2 Å². The molecule has 246 valence electrons. The number of hydroxylamine groups is 1. The lowest BCUT2D eigenvalue weighted by Gasteiger charge is -2.20. The van der Waals surface area contributed by atoms with Crippen LogP contribution in [0, 0.1) is 0 Å². The van der Waals surface area contributed by atoms with Crippen LogP contribution in [0.5, 0.6) is 11.5 Å². The van der Waals surface area contributed by atoms with Crippen LogP contribution in [0.3, 0.4) is 0 Å². The molecule has 0 radical (unpaired) electrons. The first-order valence-corrected chi connectivity index (χ1v) is 14.4. The second-order valence-electron chi connectivity index (χ2n) is 9.38. The molecule has 1 N–H and O–H groups in total. The molecule has 2 heterocycles. The van der Waals surface area contributed by atoms with Crippen LogP contribution in [0.2, 0.25) is 5.02 Å². The van der Waals surface area contributed by atoms with Gasteiger partial charge in [0, 0.05) is 10.6 Å². The zero-order chi connectivity index (χ0) is 33.8. The van der Waals surface area contributed by atoms with E-state index >= 15 is 0 Å². The molecule has 3 aromatic carbocycles. The number of amides is 3. The van der Waals surface area contributed by atoms with Crippen LogP contribution in [0.4, 0.5) is 36.8 Å². The van der Waals surface area contributed by atoms with Gasteiger partial charge in [-0.2, -0.15) is 18.2 Å². The summed E-state index contributed by atoms with van der Waals surface area (Å²) in [6.07, 6.45) is -8.04. The van der Waals surface area contributed by atoms with E-state index in [0.717, 1.165) is 28.8 Å². The predicted molar refractivity (Wildman–Crippen MR) is 157 cm³/mol. The van der Waals surface area contributed by atoms with E-state index in [0.29, 0.717) is 22.6 Å². The molecule has 1 aliphatic rings. The highest BCUT2D eigenvalue weighted by molar-refractivity contribution is 8.15. The monoisotopic (exact) mass is 700 g/mol. The molecule has 0 unspecified atom stereocenters. The molecule has 1 saturated heterocycles. The summed E-state index contributed by atoms with van der Waals surface area (Å²) in [5.41, 5.74) is 3.69. The minimum atomic E-state index is -4.80. The minimum Gasteiger partial charge on any atom is -0.482 e. The van der Waals surface area contributed by atoms with Gasteiger partial charge < -0.3 is 9.47 Å². The topological polar surface area (TPSA) is 120 Å². The fourth-order valence-electron chi connectivity index (χ4n) is 3.99. The van der Waals surface area contributed by atoms with Crippen LogP contribution in [0.15, 0.2) is 78.0 Å². The summed E-state index contributed by atoms with van der Waals surface area (Å²) in [5, 5.41) is 4.31. The third-order valence-corrected chi connectivity index (χ3v) is 7.11. The second kappa shape index (κ2) is 13.9. The average Bonchev–Trinajstić information content (AvgIpc) is 3.63. The van der Waals surface area contributed by atoms with Gasteiger partial charge in [-0.15, -0.1) is 18.3 Å². The van der Waals surface area contributed by atoms with Crippen LogP contribution < -0.4 is 19.9 Å². The standard InChI is InChI=1S/C28H19ClF6N6O5S/c29-18-5-10-22(44-14-27(30,31)32)21(11-18)41-23(42)13-47-26(41)37-25(43)39-45-12-16-1-3-17(4-2-16)24-36-15-40(38-24)19-6-8-20(9-7-19)46-28(33,34)35/h1-11,15H,12-14H2,(H,39,43). The summed E-state index contributed by atoms with van der Waals surface area (Å²) in [4.78, 5) is 39.2. The fraction of sp³-hybridized carbons (Fsp3) is 0.179. The van der Waals surface area contributed by atoms with Gasteiger partial charge in [-0.05, 0) is 48.0 Å². The lowest BCUT2D eigenvalue weighted by molar-refractivity contribution is -0.274. The smallest absolute Gasteiger partial charge is 0.482 e. The first-order valence-electron chi connectivity index (χ1n) is 13.1. The van der Waals surface area contributed by atoms with E-state index in [-0.39, 0.29) is 39.7 Å². The molecule has 1 aromatic heterocycles. The van der Waals surface area contributed by atoms with Gasteiger partial charge in [0.2, 0.25) is 5.91 Å². The van der Waals surface area contributed by atoms with E-state index in [1.807, 2.05) is 0 Å². The van der Waals surface area contributed by atoms with Crippen LogP contribution in [-0.2, 0) is 16.2 Å². The van der Waals surface area contributed by atoms with Crippen molar-refractivity contribution in [1.29, 1.82) is 0 Å². The Labute approximate surface area is 270 Å². The summed E-state index contributed by atoms with van der Waals surface area (Å²) in [6.45, 7) is -1.70. The maximum absolute atomic E-state index is 12.7. The number of carbonyl (C=O) groups is 2. The van der Waals surface area contributed by atoms with Crippen molar-refractivity contribution in [2.75, 3.05) is 17.3 Å². The first-order chi connectivity index (χ1) is 22.2. The number of amidine groups is 1. The van der Waals surface area contributed by atoms with Crippen molar-refractivity contribution in [1.82, 2.24) is 20.2 Å². The Morgan fingerprint density at radius 1 is 1.02 bits per heavy atom. The molecule has 47 heavy (non-hydrogen) atoms. The van der Waals surface area contributed by atoms with Crippen molar-refractivity contribution >= 4 is 46.2 Å². The molecule has 0 spiro atoms. The molecule has 4 aromatic rings. The Balaban J connectivity index is 1.17. The number of anilines is 1. The molecule has 0 bridgehead atoms. The number of urea groups is 1. The third kappa shape index (κ3) is 9.14. The van der Waals surface area contributed by atoms with E-state index in [1.54, 1.807) is 24.3 Å². The lowest BCUT2D eigenvalue weighted by Crippen LogP contribution is -2.32. The molecule has 0 atom stereocenters. The summed E-state index contributed by atoms with van der Waals surface area (Å²) >= 11 is 6.88. The highest BCUT2D eigenvalue weighted by Gasteiger charge is 2.35. The number of nitrogens with one attached hydrogen (secondary N) is 1. The van der Waals surface area contributed by atoms with E-state index in [2.05, 4.69) is 25.3 Å². The molecule has 19 heteroatoms. The average molecular weight is 701 g/mol. The Morgan fingerprint density at radius 3 is 2.43 bits per heavy atom. The molecule has 1 fully saturated rings. The zero-order valence-corrected chi connectivity index (χ0v) is 25.0. The number of ether oxygens (including phenoxy) is 2. The van der Waals surface area contributed by atoms with E-state index in [1.165, 1.54) is 41.3 Å². The van der Waals surface area contributed by atoms with Crippen molar-refractivity contribution in [2.45, 2.75) is 19.1 Å². The van der Waals surface area contributed by atoms with Gasteiger partial charge in [0.15, 0.2) is 17.6 Å². The quantitative estimate of drug-likeness (QED) is 0.151. The number of aromatic nitrogens is 3. The summed E-state index contributed by atoms with van der Waals surface area (Å²) in [5.74, 6) is -1.03. The summed E-state index contributed by atoms with van der Waals surface area (Å²) in [7, 11) is 0. The predicted octanol–water partition coefficient (Wildman–Crippen LogP) is 6.70. The normalized spacial score (nSPS) is 14.5. The number of aliphatic imine (C=N–C) groups is 1. The van der Waals surface area contributed by atoms with Crippen LogP contribution in [-0.4, -0.2) is 56.8 Å². The maximum Gasteiger partial charge on any atom is 0.573 e. The van der Waals surface area contributed by atoms with Crippen molar-refractivity contribution in [2.24, 2.45) is 4.99 Å². The number of hydrogen-bond donors (Lipinski definition) is 1. The number of thioether (sulfide) groups is 1. The SMILES string of the molecule is O=C(N=C1SCC(=O)N1c1cc(Cl)ccc1OCC(F)(F)F)NOCc1ccc(-c2ncn(-c3ccc(OC(F)(F)F)cc3)n2)cc1. The molecule has 11 nitrogen and oxygen atoms in total. The molecular weight excluding hydrogens is 682 g/mol. The van der Waals surface area contributed by atoms with Crippen molar-refractivity contribution in [3.63, 3.8) is 0 Å². The van der Waals surface area contributed by atoms with Gasteiger partial charge in [0.05, 0.1) is 23.7 Å². The number of alkyl halides is 6. The lowest BCUT2D eigenvalue weighted by atomic mass is 10.1. The Bertz CT molecular complexity index is 1780. The molecule has 0 aliphatic carbocycles. The van der Waals surface area contributed by atoms with Gasteiger partial charge in [-0.1, -0.05) is 47.6 Å². The maximum atomic E-state index is 12.7. The third-order valence-electron chi connectivity index (χ3n) is 5.95. The largest absolute Gasteiger partial charge is 0.573 e. The molecule has 1 aliphatic heterocycles.